The molecule has 0 aromatic heterocycles. The zero-order chi connectivity index (χ0) is 21.1. The second-order valence-corrected chi connectivity index (χ2v) is 7.89. The van der Waals surface area contributed by atoms with Crippen LogP contribution >= 0.6 is 11.6 Å². The van der Waals surface area contributed by atoms with Gasteiger partial charge in [0.15, 0.2) is 0 Å². The van der Waals surface area contributed by atoms with Gasteiger partial charge in [-0.25, -0.2) is 0 Å². The van der Waals surface area contributed by atoms with Crippen molar-refractivity contribution in [3.8, 4) is 0 Å². The average Bonchev–Trinajstić information content (AvgIpc) is 3.03. The zero-order valence-electron chi connectivity index (χ0n) is 17.2. The van der Waals surface area contributed by atoms with Crippen molar-refractivity contribution < 1.29 is 19.4 Å². The summed E-state index contributed by atoms with van der Waals surface area (Å²) in [6.45, 7) is 2.96. The number of hydrogen-bond donors (Lipinski definition) is 1. The van der Waals surface area contributed by atoms with E-state index in [1.807, 2.05) is 42.2 Å². The lowest BCUT2D eigenvalue weighted by atomic mass is 10.1. The summed E-state index contributed by atoms with van der Waals surface area (Å²) in [7, 11) is 0. The van der Waals surface area contributed by atoms with Gasteiger partial charge in [0.2, 0.25) is 5.91 Å². The Morgan fingerprint density at radius 3 is 2.90 bits per heavy atom. The molecule has 5 nitrogen and oxygen atoms in total. The number of unbranched alkanes of at least 4 members (excludes halogenated alkanes) is 3. The number of likely N-dealkylation sites (tertiary alicyclic amines) is 1. The predicted octanol–water partition coefficient (Wildman–Crippen LogP) is 4.30. The van der Waals surface area contributed by atoms with E-state index in [1.54, 1.807) is 6.08 Å². The summed E-state index contributed by atoms with van der Waals surface area (Å²) in [5, 5.41) is 11.0. The molecule has 0 bridgehead atoms. The number of nitrogens with zero attached hydrogens (tertiary/aromatic N) is 1. The normalized spacial score (nSPS) is 17.8. The number of aliphatic hydroxyl groups excluding tert-OH is 1. The number of amides is 1. The van der Waals surface area contributed by atoms with Crippen LogP contribution in [0.25, 0.3) is 0 Å². The Kier molecular flexibility index (Phi) is 10.2. The molecule has 1 aliphatic rings. The smallest absolute Gasteiger partial charge is 0.305 e. The Morgan fingerprint density at radius 2 is 2.14 bits per heavy atom. The highest BCUT2D eigenvalue weighted by Crippen LogP contribution is 2.21. The molecular formula is C23H32ClNO4. The molecule has 1 N–H and O–H groups in total. The minimum atomic E-state index is -0.603. The van der Waals surface area contributed by atoms with Crippen molar-refractivity contribution in [2.45, 2.75) is 70.4 Å². The Labute approximate surface area is 178 Å². The van der Waals surface area contributed by atoms with Gasteiger partial charge in [-0.1, -0.05) is 48.7 Å². The van der Waals surface area contributed by atoms with E-state index in [1.165, 1.54) is 0 Å². The van der Waals surface area contributed by atoms with E-state index < -0.39 is 6.10 Å². The third-order valence-electron chi connectivity index (χ3n) is 5.10. The maximum Gasteiger partial charge on any atom is 0.305 e. The van der Waals surface area contributed by atoms with Crippen LogP contribution in [0.5, 0.6) is 0 Å². The van der Waals surface area contributed by atoms with Crippen LogP contribution in [0.1, 0.15) is 57.4 Å². The van der Waals surface area contributed by atoms with E-state index in [2.05, 4.69) is 0 Å². The molecule has 29 heavy (non-hydrogen) atoms. The van der Waals surface area contributed by atoms with Crippen molar-refractivity contribution >= 4 is 23.5 Å². The van der Waals surface area contributed by atoms with Crippen LogP contribution < -0.4 is 0 Å². The molecule has 0 spiro atoms. The maximum absolute atomic E-state index is 12.2. The first-order chi connectivity index (χ1) is 14.0. The number of benzene rings is 1. The molecule has 160 valence electrons. The lowest BCUT2D eigenvalue weighted by Crippen LogP contribution is -2.32. The third kappa shape index (κ3) is 8.58. The average molecular weight is 422 g/mol. The molecule has 0 radical (unpaired) electrons. The number of ether oxygens (including phenoxy) is 1. The van der Waals surface area contributed by atoms with Gasteiger partial charge in [0.1, 0.15) is 0 Å². The summed E-state index contributed by atoms with van der Waals surface area (Å²) in [4.78, 5) is 25.4. The van der Waals surface area contributed by atoms with Gasteiger partial charge in [0.05, 0.1) is 18.8 Å². The van der Waals surface area contributed by atoms with Crippen molar-refractivity contribution in [2.24, 2.45) is 0 Å². The summed E-state index contributed by atoms with van der Waals surface area (Å²) in [5.74, 6) is 0.0410. The van der Waals surface area contributed by atoms with E-state index in [-0.39, 0.29) is 17.9 Å². The molecule has 0 saturated carbocycles. The topological polar surface area (TPSA) is 66.8 Å². The summed E-state index contributed by atoms with van der Waals surface area (Å²) >= 11 is 5.99. The number of rotatable bonds is 12. The Hall–Kier alpha value is -1.85. The minimum absolute atomic E-state index is 0.0519. The van der Waals surface area contributed by atoms with Crippen LogP contribution in [-0.4, -0.2) is 47.2 Å². The molecular weight excluding hydrogens is 390 g/mol. The van der Waals surface area contributed by atoms with Crippen molar-refractivity contribution in [1.82, 2.24) is 4.90 Å². The summed E-state index contributed by atoms with van der Waals surface area (Å²) in [6, 6.07) is 7.53. The van der Waals surface area contributed by atoms with E-state index in [0.29, 0.717) is 30.9 Å². The van der Waals surface area contributed by atoms with Crippen LogP contribution in [0.4, 0.5) is 0 Å². The second-order valence-electron chi connectivity index (χ2n) is 7.45. The van der Waals surface area contributed by atoms with Gasteiger partial charge in [0, 0.05) is 30.8 Å². The molecule has 0 aliphatic carbocycles. The van der Waals surface area contributed by atoms with Gasteiger partial charge in [-0.2, -0.15) is 0 Å². The first kappa shape index (κ1) is 23.4. The lowest BCUT2D eigenvalue weighted by molar-refractivity contribution is -0.143. The van der Waals surface area contributed by atoms with Crippen LogP contribution in [-0.2, 0) is 20.7 Å². The van der Waals surface area contributed by atoms with Crippen molar-refractivity contribution in [3.63, 3.8) is 0 Å². The van der Waals surface area contributed by atoms with E-state index in [4.69, 9.17) is 16.3 Å². The Bertz CT molecular complexity index is 691. The van der Waals surface area contributed by atoms with Crippen LogP contribution in [0, 0.1) is 0 Å². The maximum atomic E-state index is 12.2. The molecule has 1 amide bonds. The Morgan fingerprint density at radius 1 is 1.34 bits per heavy atom. The molecule has 1 saturated heterocycles. The van der Waals surface area contributed by atoms with E-state index in [9.17, 15) is 14.7 Å². The van der Waals surface area contributed by atoms with Gasteiger partial charge < -0.3 is 14.7 Å². The largest absolute Gasteiger partial charge is 0.466 e. The van der Waals surface area contributed by atoms with Crippen molar-refractivity contribution in [2.75, 3.05) is 13.2 Å². The summed E-state index contributed by atoms with van der Waals surface area (Å²) in [6.07, 6.45) is 9.15. The third-order valence-corrected chi connectivity index (χ3v) is 5.33. The van der Waals surface area contributed by atoms with Gasteiger partial charge >= 0.3 is 5.97 Å². The van der Waals surface area contributed by atoms with Gasteiger partial charge in [-0.3, -0.25) is 9.59 Å². The number of aliphatic hydroxyl groups is 1. The summed E-state index contributed by atoms with van der Waals surface area (Å²) < 4.78 is 4.92. The van der Waals surface area contributed by atoms with Gasteiger partial charge in [-0.15, -0.1) is 0 Å². The van der Waals surface area contributed by atoms with Crippen LogP contribution in [0.15, 0.2) is 36.4 Å². The van der Waals surface area contributed by atoms with Crippen LogP contribution in [0.3, 0.4) is 0 Å². The number of carbonyl (C=O) groups excluding carboxylic acids is 2. The number of halogens is 1. The highest BCUT2D eigenvalue weighted by Gasteiger charge is 2.28. The number of esters is 1. The van der Waals surface area contributed by atoms with E-state index >= 15 is 0 Å². The van der Waals surface area contributed by atoms with Gasteiger partial charge in [0.25, 0.3) is 0 Å². The van der Waals surface area contributed by atoms with E-state index in [0.717, 1.165) is 44.2 Å². The van der Waals surface area contributed by atoms with Crippen LogP contribution in [0.2, 0.25) is 5.02 Å². The lowest BCUT2D eigenvalue weighted by Gasteiger charge is -2.22. The quantitative estimate of drug-likeness (QED) is 0.310. The highest BCUT2D eigenvalue weighted by molar-refractivity contribution is 6.30. The first-order valence-electron chi connectivity index (χ1n) is 10.6. The fraction of sp³-hybridized carbons (Fsp3) is 0.565. The molecule has 1 aromatic rings. The monoisotopic (exact) mass is 421 g/mol. The molecule has 2 atom stereocenters. The number of carbonyl (C=O) groups is 2. The predicted molar refractivity (Wildman–Crippen MR) is 115 cm³/mol. The highest BCUT2D eigenvalue weighted by atomic mass is 35.5. The fourth-order valence-electron chi connectivity index (χ4n) is 3.61. The molecule has 1 fully saturated rings. The summed E-state index contributed by atoms with van der Waals surface area (Å²) in [5.41, 5.74) is 0.983. The first-order valence-corrected chi connectivity index (χ1v) is 10.9. The second kappa shape index (κ2) is 12.7. The molecule has 6 heteroatoms. The SMILES string of the molecule is CCOC(=O)CCCCCCN1C(=O)CC[C@@H]1C=CC(O)Cc1cccc(Cl)c1. The van der Waals surface area contributed by atoms with Crippen molar-refractivity contribution in [1.29, 1.82) is 0 Å². The molecule has 1 unspecified atom stereocenters. The minimum Gasteiger partial charge on any atom is -0.466 e. The van der Waals surface area contributed by atoms with Crippen molar-refractivity contribution in [3.05, 3.63) is 47.0 Å². The molecule has 1 aromatic carbocycles. The number of hydrogen-bond acceptors (Lipinski definition) is 4. The molecule has 1 aliphatic heterocycles. The standard InChI is InChI=1S/C23H32ClNO4/c1-2-29-23(28)10-5-3-4-6-15-25-20(12-14-22(25)27)11-13-21(26)17-18-8-7-9-19(24)16-18/h7-9,11,13,16,20-21,26H,2-6,10,12,14-15,17H2,1H3/t20-,21?/m0/s1. The fourth-order valence-corrected chi connectivity index (χ4v) is 3.83. The van der Waals surface area contributed by atoms with Gasteiger partial charge in [-0.05, 0) is 43.9 Å². The molecule has 2 rings (SSSR count). The zero-order valence-corrected chi connectivity index (χ0v) is 17.9. The Balaban J connectivity index is 1.72. The molecule has 1 heterocycles.